The standard InChI is InChI=1S/C12H19FN2O/c1-2-16-12-4-3-10(9-11(12)13)5-7-15-8-6-14/h3-4,9,15H,2,5-8,14H2,1H3. The molecule has 0 atom stereocenters. The van der Waals surface area contributed by atoms with E-state index in [1.54, 1.807) is 6.07 Å². The second-order valence-electron chi connectivity index (χ2n) is 3.49. The van der Waals surface area contributed by atoms with Crippen LogP contribution in [0.3, 0.4) is 0 Å². The van der Waals surface area contributed by atoms with E-state index in [1.807, 2.05) is 13.0 Å². The van der Waals surface area contributed by atoms with Crippen molar-refractivity contribution in [2.45, 2.75) is 13.3 Å². The van der Waals surface area contributed by atoms with Gasteiger partial charge in [0, 0.05) is 13.1 Å². The fraction of sp³-hybridized carbons (Fsp3) is 0.500. The van der Waals surface area contributed by atoms with E-state index in [1.165, 1.54) is 6.07 Å². The lowest BCUT2D eigenvalue weighted by Gasteiger charge is -2.07. The highest BCUT2D eigenvalue weighted by Gasteiger charge is 2.03. The Labute approximate surface area is 95.8 Å². The van der Waals surface area contributed by atoms with Gasteiger partial charge in [0.25, 0.3) is 0 Å². The maximum Gasteiger partial charge on any atom is 0.165 e. The van der Waals surface area contributed by atoms with E-state index in [9.17, 15) is 4.39 Å². The summed E-state index contributed by atoms with van der Waals surface area (Å²) in [4.78, 5) is 0. The molecule has 0 fully saturated rings. The second-order valence-corrected chi connectivity index (χ2v) is 3.49. The van der Waals surface area contributed by atoms with Crippen molar-refractivity contribution in [1.82, 2.24) is 5.32 Å². The maximum atomic E-state index is 13.4. The van der Waals surface area contributed by atoms with Gasteiger partial charge >= 0.3 is 0 Å². The molecule has 16 heavy (non-hydrogen) atoms. The van der Waals surface area contributed by atoms with Crippen molar-refractivity contribution in [2.75, 3.05) is 26.2 Å². The molecule has 90 valence electrons. The summed E-state index contributed by atoms with van der Waals surface area (Å²) in [5.41, 5.74) is 6.31. The van der Waals surface area contributed by atoms with Crippen molar-refractivity contribution >= 4 is 0 Å². The van der Waals surface area contributed by atoms with Gasteiger partial charge in [-0.2, -0.15) is 0 Å². The monoisotopic (exact) mass is 226 g/mol. The predicted octanol–water partition coefficient (Wildman–Crippen LogP) is 1.32. The molecule has 0 bridgehead atoms. The third-order valence-electron chi connectivity index (χ3n) is 2.21. The number of halogens is 1. The molecule has 0 aromatic heterocycles. The number of hydrogen-bond donors (Lipinski definition) is 2. The minimum atomic E-state index is -0.293. The molecule has 0 aliphatic heterocycles. The quantitative estimate of drug-likeness (QED) is 0.689. The summed E-state index contributed by atoms with van der Waals surface area (Å²) in [5.74, 6) is 0.0272. The van der Waals surface area contributed by atoms with Crippen molar-refractivity contribution in [3.63, 3.8) is 0 Å². The first-order valence-corrected chi connectivity index (χ1v) is 5.60. The van der Waals surface area contributed by atoms with E-state index in [2.05, 4.69) is 5.32 Å². The Hall–Kier alpha value is -1.13. The molecule has 0 spiro atoms. The van der Waals surface area contributed by atoms with Gasteiger partial charge in [0.05, 0.1) is 6.61 Å². The molecule has 1 aromatic rings. The summed E-state index contributed by atoms with van der Waals surface area (Å²) in [6, 6.07) is 5.09. The molecule has 1 rings (SSSR count). The van der Waals surface area contributed by atoms with Crippen LogP contribution >= 0.6 is 0 Å². The molecule has 0 saturated carbocycles. The second kappa shape index (κ2) is 7.19. The highest BCUT2D eigenvalue weighted by atomic mass is 19.1. The maximum absolute atomic E-state index is 13.4. The third kappa shape index (κ3) is 4.16. The largest absolute Gasteiger partial charge is 0.491 e. The van der Waals surface area contributed by atoms with E-state index >= 15 is 0 Å². The minimum absolute atomic E-state index is 0.293. The summed E-state index contributed by atoms with van der Waals surface area (Å²) in [7, 11) is 0. The van der Waals surface area contributed by atoms with E-state index in [0.29, 0.717) is 18.9 Å². The van der Waals surface area contributed by atoms with Gasteiger partial charge in [-0.3, -0.25) is 0 Å². The molecule has 3 N–H and O–H groups in total. The Morgan fingerprint density at radius 1 is 1.38 bits per heavy atom. The van der Waals surface area contributed by atoms with Gasteiger partial charge in [-0.15, -0.1) is 0 Å². The number of ether oxygens (including phenoxy) is 1. The van der Waals surface area contributed by atoms with Gasteiger partial charge in [0.2, 0.25) is 0 Å². The van der Waals surface area contributed by atoms with E-state index < -0.39 is 0 Å². The summed E-state index contributed by atoms with van der Waals surface area (Å²) < 4.78 is 18.6. The first-order valence-electron chi connectivity index (χ1n) is 5.60. The Morgan fingerprint density at radius 3 is 2.81 bits per heavy atom. The van der Waals surface area contributed by atoms with Crippen LogP contribution in [-0.2, 0) is 6.42 Å². The molecule has 0 amide bonds. The lowest BCUT2D eigenvalue weighted by atomic mass is 10.1. The molecule has 3 nitrogen and oxygen atoms in total. The van der Waals surface area contributed by atoms with Crippen LogP contribution in [0.15, 0.2) is 18.2 Å². The summed E-state index contributed by atoms with van der Waals surface area (Å²) in [6.45, 7) is 4.54. The summed E-state index contributed by atoms with van der Waals surface area (Å²) >= 11 is 0. The smallest absolute Gasteiger partial charge is 0.165 e. The molecular formula is C12H19FN2O. The van der Waals surface area contributed by atoms with Gasteiger partial charge in [-0.05, 0) is 37.6 Å². The molecule has 0 unspecified atom stereocenters. The third-order valence-corrected chi connectivity index (χ3v) is 2.21. The number of hydrogen-bond acceptors (Lipinski definition) is 3. The average molecular weight is 226 g/mol. The molecule has 0 aliphatic carbocycles. The van der Waals surface area contributed by atoms with Gasteiger partial charge in [0.1, 0.15) is 0 Å². The Kier molecular flexibility index (Phi) is 5.82. The molecule has 4 heteroatoms. The topological polar surface area (TPSA) is 47.3 Å². The Balaban J connectivity index is 2.46. The number of benzene rings is 1. The van der Waals surface area contributed by atoms with Gasteiger partial charge in [0.15, 0.2) is 11.6 Å². The molecule has 0 heterocycles. The molecular weight excluding hydrogens is 207 g/mol. The van der Waals surface area contributed by atoms with Crippen LogP contribution in [0.1, 0.15) is 12.5 Å². The van der Waals surface area contributed by atoms with Crippen LogP contribution in [0.25, 0.3) is 0 Å². The number of nitrogens with one attached hydrogen (secondary N) is 1. The SMILES string of the molecule is CCOc1ccc(CCNCCN)cc1F. The van der Waals surface area contributed by atoms with Crippen LogP contribution in [0, 0.1) is 5.82 Å². The van der Waals surface area contributed by atoms with Crippen LogP contribution in [0.4, 0.5) is 4.39 Å². The van der Waals surface area contributed by atoms with E-state index in [0.717, 1.165) is 25.1 Å². The fourth-order valence-corrected chi connectivity index (χ4v) is 1.43. The minimum Gasteiger partial charge on any atom is -0.491 e. The van der Waals surface area contributed by atoms with Crippen molar-refractivity contribution in [3.8, 4) is 5.75 Å². The zero-order valence-electron chi connectivity index (χ0n) is 9.63. The van der Waals surface area contributed by atoms with E-state index in [4.69, 9.17) is 10.5 Å². The zero-order chi connectivity index (χ0) is 11.8. The van der Waals surface area contributed by atoms with E-state index in [-0.39, 0.29) is 5.82 Å². The average Bonchev–Trinajstić information content (AvgIpc) is 2.28. The lowest BCUT2D eigenvalue weighted by molar-refractivity contribution is 0.321. The normalized spacial score (nSPS) is 10.4. The number of rotatable bonds is 7. The van der Waals surface area contributed by atoms with Crippen molar-refractivity contribution in [2.24, 2.45) is 5.73 Å². The lowest BCUT2D eigenvalue weighted by Crippen LogP contribution is -2.24. The summed E-state index contributed by atoms with van der Waals surface area (Å²) in [5, 5.41) is 3.16. The zero-order valence-corrected chi connectivity index (χ0v) is 9.63. The molecule has 0 aliphatic rings. The summed E-state index contributed by atoms with van der Waals surface area (Å²) in [6.07, 6.45) is 0.795. The van der Waals surface area contributed by atoms with Gasteiger partial charge in [-0.25, -0.2) is 4.39 Å². The first-order chi connectivity index (χ1) is 7.77. The highest BCUT2D eigenvalue weighted by Crippen LogP contribution is 2.18. The predicted molar refractivity (Wildman–Crippen MR) is 63.2 cm³/mol. The van der Waals surface area contributed by atoms with Crippen LogP contribution in [-0.4, -0.2) is 26.2 Å². The van der Waals surface area contributed by atoms with Crippen molar-refractivity contribution < 1.29 is 9.13 Å². The molecule has 1 aromatic carbocycles. The Bertz CT molecular complexity index is 318. The van der Waals surface area contributed by atoms with Crippen LogP contribution in [0.5, 0.6) is 5.75 Å². The van der Waals surface area contributed by atoms with Crippen LogP contribution < -0.4 is 15.8 Å². The van der Waals surface area contributed by atoms with Crippen LogP contribution in [0.2, 0.25) is 0 Å². The fourth-order valence-electron chi connectivity index (χ4n) is 1.43. The Morgan fingerprint density at radius 2 is 2.19 bits per heavy atom. The van der Waals surface area contributed by atoms with Crippen molar-refractivity contribution in [3.05, 3.63) is 29.6 Å². The number of nitrogens with two attached hydrogens (primary N) is 1. The first kappa shape index (κ1) is 12.9. The molecule has 0 saturated heterocycles. The van der Waals surface area contributed by atoms with Crippen molar-refractivity contribution in [1.29, 1.82) is 0 Å². The van der Waals surface area contributed by atoms with Gasteiger partial charge in [-0.1, -0.05) is 6.07 Å². The highest BCUT2D eigenvalue weighted by molar-refractivity contribution is 5.29. The molecule has 0 radical (unpaired) electrons. The van der Waals surface area contributed by atoms with Gasteiger partial charge < -0.3 is 15.8 Å².